The van der Waals surface area contributed by atoms with Crippen molar-refractivity contribution in [3.8, 4) is 0 Å². The number of nitrogens with one attached hydrogen (secondary N) is 2. The minimum absolute atomic E-state index is 0. The molecule has 0 spiro atoms. The summed E-state index contributed by atoms with van der Waals surface area (Å²) in [6.45, 7) is 7.82. The van der Waals surface area contributed by atoms with Crippen molar-refractivity contribution in [1.82, 2.24) is 10.6 Å². The average Bonchev–Trinajstić information content (AvgIpc) is 2.77. The van der Waals surface area contributed by atoms with Gasteiger partial charge >= 0.3 is 0 Å². The quantitative estimate of drug-likeness (QED) is 0.283. The van der Waals surface area contributed by atoms with E-state index in [1.165, 1.54) is 4.88 Å². The average molecular weight is 462 g/mol. The second-order valence-corrected chi connectivity index (χ2v) is 6.07. The predicted molar refractivity (Wildman–Crippen MR) is 96.7 cm³/mol. The van der Waals surface area contributed by atoms with Gasteiger partial charge in [0.05, 0.1) is 16.9 Å². The first-order valence-corrected chi connectivity index (χ1v) is 7.71. The van der Waals surface area contributed by atoms with Crippen LogP contribution in [-0.4, -0.2) is 32.3 Å². The van der Waals surface area contributed by atoms with Crippen LogP contribution in [0, 0.1) is 0 Å². The smallest absolute Gasteiger partial charge is 0.191 e. The van der Waals surface area contributed by atoms with Crippen molar-refractivity contribution < 1.29 is 4.74 Å². The van der Waals surface area contributed by atoms with E-state index in [9.17, 15) is 0 Å². The van der Waals surface area contributed by atoms with Crippen molar-refractivity contribution in [1.29, 1.82) is 0 Å². The van der Waals surface area contributed by atoms with Crippen molar-refractivity contribution in [2.75, 3.05) is 26.3 Å². The lowest BCUT2D eigenvalue weighted by molar-refractivity contribution is 0.152. The number of halogens is 2. The van der Waals surface area contributed by atoms with Gasteiger partial charge in [-0.1, -0.05) is 0 Å². The van der Waals surface area contributed by atoms with E-state index in [1.807, 2.05) is 13.0 Å². The molecule has 0 bridgehead atoms. The van der Waals surface area contributed by atoms with Gasteiger partial charge in [-0.15, -0.1) is 35.3 Å². The summed E-state index contributed by atoms with van der Waals surface area (Å²) in [7, 11) is 0. The molecule has 0 aromatic carbocycles. The van der Waals surface area contributed by atoms with Gasteiger partial charge in [-0.05, 0) is 41.9 Å². The van der Waals surface area contributed by atoms with E-state index in [0.29, 0.717) is 13.2 Å². The molecule has 1 rings (SSSR count). The topological polar surface area (TPSA) is 45.7 Å². The van der Waals surface area contributed by atoms with Crippen LogP contribution in [0.1, 0.15) is 18.7 Å². The van der Waals surface area contributed by atoms with Gasteiger partial charge in [0, 0.05) is 24.6 Å². The molecule has 19 heavy (non-hydrogen) atoms. The van der Waals surface area contributed by atoms with Crippen LogP contribution in [0.3, 0.4) is 0 Å². The number of rotatable bonds is 7. The zero-order chi connectivity index (χ0) is 13.2. The second-order valence-electron chi connectivity index (χ2n) is 3.52. The fourth-order valence-electron chi connectivity index (χ4n) is 1.32. The highest BCUT2D eigenvalue weighted by molar-refractivity contribution is 14.0. The Bertz CT molecular complexity index is 374. The summed E-state index contributed by atoms with van der Waals surface area (Å²) < 4.78 is 6.42. The molecule has 0 aliphatic carbocycles. The number of ether oxygens (including phenoxy) is 1. The zero-order valence-electron chi connectivity index (χ0n) is 11.2. The second kappa shape index (κ2) is 11.9. The highest BCUT2D eigenvalue weighted by Crippen LogP contribution is 2.22. The van der Waals surface area contributed by atoms with Crippen molar-refractivity contribution in [3.63, 3.8) is 0 Å². The lowest BCUT2D eigenvalue weighted by atomic mass is 10.5. The van der Waals surface area contributed by atoms with Gasteiger partial charge in [-0.3, -0.25) is 0 Å². The highest BCUT2D eigenvalue weighted by atomic mass is 127. The lowest BCUT2D eigenvalue weighted by Crippen LogP contribution is -2.38. The Balaban J connectivity index is 0.00000324. The molecule has 0 atom stereocenters. The minimum Gasteiger partial charge on any atom is -0.380 e. The molecule has 0 unspecified atom stereocenters. The van der Waals surface area contributed by atoms with Gasteiger partial charge in [0.1, 0.15) is 0 Å². The van der Waals surface area contributed by atoms with Crippen molar-refractivity contribution in [2.45, 2.75) is 20.4 Å². The highest BCUT2D eigenvalue weighted by Gasteiger charge is 1.99. The van der Waals surface area contributed by atoms with Crippen LogP contribution in [0.25, 0.3) is 0 Å². The van der Waals surface area contributed by atoms with Gasteiger partial charge in [0.2, 0.25) is 0 Å². The maximum absolute atomic E-state index is 5.28. The summed E-state index contributed by atoms with van der Waals surface area (Å²) in [6, 6.07) is 4.13. The van der Waals surface area contributed by atoms with E-state index < -0.39 is 0 Å². The van der Waals surface area contributed by atoms with Gasteiger partial charge in [-0.2, -0.15) is 0 Å². The van der Waals surface area contributed by atoms with Crippen LogP contribution in [0.5, 0.6) is 0 Å². The fourth-order valence-corrected chi connectivity index (χ4v) is 2.73. The van der Waals surface area contributed by atoms with Crippen LogP contribution < -0.4 is 10.6 Å². The number of hydrogen-bond donors (Lipinski definition) is 2. The van der Waals surface area contributed by atoms with Crippen LogP contribution in [-0.2, 0) is 11.3 Å². The molecule has 0 aliphatic rings. The Morgan fingerprint density at radius 1 is 1.37 bits per heavy atom. The van der Waals surface area contributed by atoms with Crippen LogP contribution >= 0.6 is 51.2 Å². The fraction of sp³-hybridized carbons (Fsp3) is 0.583. The standard InChI is InChI=1S/C12H20BrN3OS.HI/c1-3-14-12(15-7-8-17-4-2)16-9-10-5-6-11(13)18-10;/h5-6H,3-4,7-9H2,1-2H3,(H2,14,15,16);1H. The Morgan fingerprint density at radius 2 is 2.16 bits per heavy atom. The molecule has 1 heterocycles. The molecular formula is C12H21BrIN3OS. The molecular weight excluding hydrogens is 441 g/mol. The molecule has 110 valence electrons. The first-order chi connectivity index (χ1) is 8.76. The van der Waals surface area contributed by atoms with Gasteiger partial charge in [-0.25, -0.2) is 4.99 Å². The van der Waals surface area contributed by atoms with Gasteiger partial charge in [0.25, 0.3) is 0 Å². The summed E-state index contributed by atoms with van der Waals surface area (Å²) >= 11 is 5.16. The summed E-state index contributed by atoms with van der Waals surface area (Å²) in [5.41, 5.74) is 0. The molecule has 0 saturated carbocycles. The third kappa shape index (κ3) is 8.83. The summed E-state index contributed by atoms with van der Waals surface area (Å²) in [5, 5.41) is 6.45. The van der Waals surface area contributed by atoms with Crippen LogP contribution in [0.2, 0.25) is 0 Å². The van der Waals surface area contributed by atoms with Gasteiger partial charge < -0.3 is 15.4 Å². The molecule has 0 saturated heterocycles. The molecule has 0 fully saturated rings. The Kier molecular flexibility index (Phi) is 12.0. The monoisotopic (exact) mass is 461 g/mol. The number of aliphatic imine (C=N–C) groups is 1. The van der Waals surface area contributed by atoms with Gasteiger partial charge in [0.15, 0.2) is 5.96 Å². The van der Waals surface area contributed by atoms with Crippen LogP contribution in [0.4, 0.5) is 0 Å². The van der Waals surface area contributed by atoms with Crippen molar-refractivity contribution in [3.05, 3.63) is 20.8 Å². The first-order valence-electron chi connectivity index (χ1n) is 6.10. The van der Waals surface area contributed by atoms with E-state index in [0.717, 1.165) is 29.4 Å². The molecule has 1 aromatic rings. The Hall–Kier alpha value is 0.140. The molecule has 4 nitrogen and oxygen atoms in total. The van der Waals surface area contributed by atoms with E-state index in [2.05, 4.69) is 44.5 Å². The largest absolute Gasteiger partial charge is 0.380 e. The third-order valence-electron chi connectivity index (χ3n) is 2.11. The summed E-state index contributed by atoms with van der Waals surface area (Å²) in [6.07, 6.45) is 0. The summed E-state index contributed by atoms with van der Waals surface area (Å²) in [5.74, 6) is 0.835. The number of guanidine groups is 1. The number of nitrogens with zero attached hydrogens (tertiary/aromatic N) is 1. The molecule has 0 radical (unpaired) electrons. The maximum atomic E-state index is 5.28. The molecule has 7 heteroatoms. The number of thiophene rings is 1. The van der Waals surface area contributed by atoms with E-state index in [1.54, 1.807) is 11.3 Å². The summed E-state index contributed by atoms with van der Waals surface area (Å²) in [4.78, 5) is 5.76. The molecule has 2 N–H and O–H groups in total. The molecule has 0 aliphatic heterocycles. The minimum atomic E-state index is 0. The Morgan fingerprint density at radius 3 is 2.74 bits per heavy atom. The van der Waals surface area contributed by atoms with Crippen LogP contribution in [0.15, 0.2) is 20.9 Å². The van der Waals surface area contributed by atoms with E-state index >= 15 is 0 Å². The third-order valence-corrected chi connectivity index (χ3v) is 3.72. The lowest BCUT2D eigenvalue weighted by Gasteiger charge is -2.10. The van der Waals surface area contributed by atoms with Crippen molar-refractivity contribution >= 4 is 57.2 Å². The Labute approximate surface area is 144 Å². The van der Waals surface area contributed by atoms with Crippen molar-refractivity contribution in [2.24, 2.45) is 4.99 Å². The van der Waals surface area contributed by atoms with E-state index in [-0.39, 0.29) is 24.0 Å². The first kappa shape index (κ1) is 19.1. The van der Waals surface area contributed by atoms with E-state index in [4.69, 9.17) is 4.74 Å². The normalized spacial score (nSPS) is 11.0. The zero-order valence-corrected chi connectivity index (χ0v) is 16.0. The molecule has 1 aromatic heterocycles. The maximum Gasteiger partial charge on any atom is 0.191 e. The SMILES string of the molecule is CCNC(=NCc1ccc(Br)s1)NCCOCC.I. The number of hydrogen-bond acceptors (Lipinski definition) is 3. The molecule has 0 amide bonds. The predicted octanol–water partition coefficient (Wildman–Crippen LogP) is 3.22.